The van der Waals surface area contributed by atoms with E-state index in [2.05, 4.69) is 11.8 Å². The molecule has 0 heterocycles. The highest BCUT2D eigenvalue weighted by molar-refractivity contribution is 6.17. The molecule has 0 spiro atoms. The smallest absolute Gasteiger partial charge is 0.123 e. The average molecular weight is 242 g/mol. The second-order valence-corrected chi connectivity index (χ2v) is 5.03. The fraction of sp³-hybridized carbons (Fsp3) is 0.538. The highest BCUT2D eigenvalue weighted by Gasteiger charge is 2.33. The molecule has 0 radical (unpaired) electrons. The van der Waals surface area contributed by atoms with Gasteiger partial charge < -0.3 is 4.90 Å². The number of anilines is 1. The number of benzene rings is 1. The maximum atomic E-state index is 13.1. The van der Waals surface area contributed by atoms with Crippen molar-refractivity contribution in [1.29, 1.82) is 0 Å². The number of hydrogen-bond donors (Lipinski definition) is 0. The van der Waals surface area contributed by atoms with E-state index < -0.39 is 0 Å². The van der Waals surface area contributed by atoms with E-state index >= 15 is 0 Å². The molecule has 1 aliphatic carbocycles. The van der Waals surface area contributed by atoms with Gasteiger partial charge in [-0.3, -0.25) is 0 Å². The second kappa shape index (κ2) is 4.62. The van der Waals surface area contributed by atoms with Crippen LogP contribution in [0.2, 0.25) is 0 Å². The molecular weight excluding hydrogens is 225 g/mol. The number of halogens is 2. The summed E-state index contributed by atoms with van der Waals surface area (Å²) in [5.74, 6) is 1.77. The van der Waals surface area contributed by atoms with Gasteiger partial charge in [0.1, 0.15) is 5.82 Å². The first kappa shape index (κ1) is 11.7. The largest absolute Gasteiger partial charge is 0.374 e. The summed E-state index contributed by atoms with van der Waals surface area (Å²) in [5.41, 5.74) is 1.92. The molecule has 1 nitrogen and oxygen atoms in total. The minimum absolute atomic E-state index is 0.215. The summed E-state index contributed by atoms with van der Waals surface area (Å²) >= 11 is 5.84. The standard InChI is InChI=1S/C13H17ClFN/c1-9-5-11(9)8-16(2)13-4-3-12(15)6-10(13)7-14/h3-4,6,9,11H,5,7-8H2,1-2H3. The maximum Gasteiger partial charge on any atom is 0.123 e. The van der Waals surface area contributed by atoms with Crippen LogP contribution in [0.1, 0.15) is 18.9 Å². The summed E-state index contributed by atoms with van der Waals surface area (Å²) in [7, 11) is 2.05. The Kier molecular flexibility index (Phi) is 3.38. The lowest BCUT2D eigenvalue weighted by Gasteiger charge is -2.22. The van der Waals surface area contributed by atoms with Gasteiger partial charge >= 0.3 is 0 Å². The Morgan fingerprint density at radius 3 is 2.75 bits per heavy atom. The van der Waals surface area contributed by atoms with E-state index in [0.717, 1.165) is 29.6 Å². The van der Waals surface area contributed by atoms with Gasteiger partial charge in [0, 0.05) is 25.2 Å². The van der Waals surface area contributed by atoms with E-state index in [-0.39, 0.29) is 5.82 Å². The van der Waals surface area contributed by atoms with E-state index in [4.69, 9.17) is 11.6 Å². The Hall–Kier alpha value is -0.760. The Balaban J connectivity index is 2.12. The van der Waals surface area contributed by atoms with Gasteiger partial charge in [0.15, 0.2) is 0 Å². The predicted molar refractivity (Wildman–Crippen MR) is 66.5 cm³/mol. The molecule has 3 heteroatoms. The maximum absolute atomic E-state index is 13.1. The molecule has 2 unspecified atom stereocenters. The Bertz CT molecular complexity index is 380. The van der Waals surface area contributed by atoms with Crippen LogP contribution < -0.4 is 4.90 Å². The molecule has 0 amide bonds. The molecule has 0 saturated heterocycles. The molecule has 16 heavy (non-hydrogen) atoms. The van der Waals surface area contributed by atoms with E-state index in [0.29, 0.717) is 5.88 Å². The molecular formula is C13H17ClFN. The minimum atomic E-state index is -0.215. The quantitative estimate of drug-likeness (QED) is 0.728. The zero-order valence-electron chi connectivity index (χ0n) is 9.71. The van der Waals surface area contributed by atoms with Gasteiger partial charge in [-0.05, 0) is 42.0 Å². The lowest BCUT2D eigenvalue weighted by atomic mass is 10.1. The van der Waals surface area contributed by atoms with Crippen LogP contribution in [-0.4, -0.2) is 13.6 Å². The Labute approximate surface area is 101 Å². The summed E-state index contributed by atoms with van der Waals surface area (Å²) in [6, 6.07) is 4.84. The third-order valence-corrected chi connectivity index (χ3v) is 3.67. The molecule has 2 atom stereocenters. The SMILES string of the molecule is CC1CC1CN(C)c1ccc(F)cc1CCl. The molecule has 1 fully saturated rings. The molecule has 0 aliphatic heterocycles. The van der Waals surface area contributed by atoms with Crippen molar-refractivity contribution in [3.8, 4) is 0 Å². The van der Waals surface area contributed by atoms with Gasteiger partial charge in [-0.1, -0.05) is 6.92 Å². The first-order valence-electron chi connectivity index (χ1n) is 5.67. The van der Waals surface area contributed by atoms with E-state index in [1.807, 2.05) is 13.1 Å². The van der Waals surface area contributed by atoms with Crippen LogP contribution in [0.3, 0.4) is 0 Å². The van der Waals surface area contributed by atoms with Gasteiger partial charge in [-0.2, -0.15) is 0 Å². The number of alkyl halides is 1. The molecule has 88 valence electrons. The lowest BCUT2D eigenvalue weighted by molar-refractivity contribution is 0.625. The highest BCUT2D eigenvalue weighted by Crippen LogP contribution is 2.39. The summed E-state index contributed by atoms with van der Waals surface area (Å²) in [5, 5.41) is 0. The molecule has 1 aromatic rings. The van der Waals surface area contributed by atoms with Crippen LogP contribution in [0.5, 0.6) is 0 Å². The fourth-order valence-corrected chi connectivity index (χ4v) is 2.35. The summed E-state index contributed by atoms with van der Waals surface area (Å²) in [6.45, 7) is 3.31. The number of nitrogens with zero attached hydrogens (tertiary/aromatic N) is 1. The van der Waals surface area contributed by atoms with Gasteiger partial charge in [0.25, 0.3) is 0 Å². The average Bonchev–Trinajstić information content (AvgIpc) is 2.93. The van der Waals surface area contributed by atoms with E-state index in [1.54, 1.807) is 0 Å². The zero-order valence-corrected chi connectivity index (χ0v) is 10.5. The highest BCUT2D eigenvalue weighted by atomic mass is 35.5. The van der Waals surface area contributed by atoms with E-state index in [9.17, 15) is 4.39 Å². The molecule has 1 saturated carbocycles. The number of rotatable bonds is 4. The summed E-state index contributed by atoms with van der Waals surface area (Å²) in [6.07, 6.45) is 1.31. The summed E-state index contributed by atoms with van der Waals surface area (Å²) in [4.78, 5) is 2.19. The monoisotopic (exact) mass is 241 g/mol. The van der Waals surface area contributed by atoms with E-state index in [1.165, 1.54) is 18.6 Å². The molecule has 0 aromatic heterocycles. The van der Waals surface area contributed by atoms with Crippen LogP contribution in [-0.2, 0) is 5.88 Å². The first-order chi connectivity index (χ1) is 7.61. The molecule has 2 rings (SSSR count). The van der Waals surface area contributed by atoms with Crippen molar-refractivity contribution in [2.75, 3.05) is 18.5 Å². The van der Waals surface area contributed by atoms with Gasteiger partial charge in [-0.25, -0.2) is 4.39 Å². The van der Waals surface area contributed by atoms with Crippen LogP contribution in [0.25, 0.3) is 0 Å². The first-order valence-corrected chi connectivity index (χ1v) is 6.20. The third-order valence-electron chi connectivity index (χ3n) is 3.38. The topological polar surface area (TPSA) is 3.24 Å². The van der Waals surface area contributed by atoms with Crippen LogP contribution in [0, 0.1) is 17.7 Å². The third kappa shape index (κ3) is 2.49. The van der Waals surface area contributed by atoms with Crippen molar-refractivity contribution in [3.05, 3.63) is 29.6 Å². The molecule has 0 bridgehead atoms. The van der Waals surface area contributed by atoms with Crippen molar-refractivity contribution in [2.45, 2.75) is 19.2 Å². The Morgan fingerprint density at radius 2 is 2.19 bits per heavy atom. The van der Waals surface area contributed by atoms with Gasteiger partial charge in [0.2, 0.25) is 0 Å². The van der Waals surface area contributed by atoms with Crippen LogP contribution >= 0.6 is 11.6 Å². The van der Waals surface area contributed by atoms with Gasteiger partial charge in [0.05, 0.1) is 0 Å². The predicted octanol–water partition coefficient (Wildman–Crippen LogP) is 3.66. The zero-order chi connectivity index (χ0) is 11.7. The summed E-state index contributed by atoms with van der Waals surface area (Å²) < 4.78 is 13.1. The van der Waals surface area contributed by atoms with Crippen molar-refractivity contribution < 1.29 is 4.39 Å². The Morgan fingerprint density at radius 1 is 1.50 bits per heavy atom. The second-order valence-electron chi connectivity index (χ2n) is 4.76. The molecule has 1 aromatic carbocycles. The number of hydrogen-bond acceptors (Lipinski definition) is 1. The normalized spacial score (nSPS) is 23.2. The van der Waals surface area contributed by atoms with Crippen molar-refractivity contribution in [1.82, 2.24) is 0 Å². The molecule has 0 N–H and O–H groups in total. The van der Waals surface area contributed by atoms with Crippen LogP contribution in [0.15, 0.2) is 18.2 Å². The molecule has 1 aliphatic rings. The van der Waals surface area contributed by atoms with Crippen molar-refractivity contribution >= 4 is 17.3 Å². The lowest BCUT2D eigenvalue weighted by Crippen LogP contribution is -2.21. The van der Waals surface area contributed by atoms with Crippen LogP contribution in [0.4, 0.5) is 10.1 Å². The minimum Gasteiger partial charge on any atom is -0.374 e. The van der Waals surface area contributed by atoms with Crippen molar-refractivity contribution in [2.24, 2.45) is 11.8 Å². The van der Waals surface area contributed by atoms with Gasteiger partial charge in [-0.15, -0.1) is 11.6 Å². The van der Waals surface area contributed by atoms with Crippen molar-refractivity contribution in [3.63, 3.8) is 0 Å². The fourth-order valence-electron chi connectivity index (χ4n) is 2.14.